The average molecular weight is 421 g/mol. The van der Waals surface area contributed by atoms with Crippen LogP contribution in [0.1, 0.15) is 27.0 Å². The maximum Gasteiger partial charge on any atom is 0.254 e. The van der Waals surface area contributed by atoms with Gasteiger partial charge in [0, 0.05) is 11.8 Å². The highest BCUT2D eigenvalue weighted by Gasteiger charge is 2.18. The number of fused-ring (bicyclic) bond motifs is 1. The quantitative estimate of drug-likeness (QED) is 0.660. The minimum atomic E-state index is -0.654. The number of carbonyl (C=O) groups is 2. The predicted octanol–water partition coefficient (Wildman–Crippen LogP) is 3.25. The van der Waals surface area contributed by atoms with Gasteiger partial charge in [0.2, 0.25) is 11.8 Å². The zero-order valence-corrected chi connectivity index (χ0v) is 16.5. The third kappa shape index (κ3) is 4.16. The number of halogens is 1. The first-order valence-corrected chi connectivity index (χ1v) is 9.53. The lowest BCUT2D eigenvalue weighted by Crippen LogP contribution is -2.31. The molecule has 0 saturated heterocycles. The van der Waals surface area contributed by atoms with Crippen molar-refractivity contribution in [2.75, 3.05) is 0 Å². The van der Waals surface area contributed by atoms with Gasteiger partial charge in [-0.2, -0.15) is 0 Å². The first kappa shape index (κ1) is 19.6. The molecule has 0 bridgehead atoms. The Kier molecular flexibility index (Phi) is 5.45. The molecule has 4 rings (SSSR count). The summed E-state index contributed by atoms with van der Waals surface area (Å²) in [7, 11) is 0. The highest BCUT2D eigenvalue weighted by atomic mass is 35.5. The number of benzene rings is 2. The molecule has 0 spiro atoms. The van der Waals surface area contributed by atoms with Crippen LogP contribution >= 0.6 is 11.6 Å². The van der Waals surface area contributed by atoms with Gasteiger partial charge in [0.05, 0.1) is 18.0 Å². The van der Waals surface area contributed by atoms with Gasteiger partial charge in [0.1, 0.15) is 17.1 Å². The monoisotopic (exact) mass is 420 g/mol. The Hall–Kier alpha value is -3.71. The van der Waals surface area contributed by atoms with Crippen LogP contribution in [0.25, 0.3) is 0 Å². The molecule has 150 valence electrons. The van der Waals surface area contributed by atoms with E-state index in [-0.39, 0.29) is 28.8 Å². The van der Waals surface area contributed by atoms with Crippen molar-refractivity contribution in [3.8, 4) is 11.6 Å². The van der Waals surface area contributed by atoms with Gasteiger partial charge in [-0.05, 0) is 35.4 Å². The first-order chi connectivity index (χ1) is 14.5. The molecular weight excluding hydrogens is 404 g/mol. The fourth-order valence-corrected chi connectivity index (χ4v) is 3.35. The molecule has 1 aliphatic rings. The van der Waals surface area contributed by atoms with Crippen LogP contribution in [0.4, 0.5) is 0 Å². The minimum absolute atomic E-state index is 0.0651. The van der Waals surface area contributed by atoms with Crippen LogP contribution in [-0.4, -0.2) is 22.6 Å². The number of nitrogens with two attached hydrogens (primary N) is 1. The second-order valence-corrected chi connectivity index (χ2v) is 7.04. The molecule has 2 aromatic carbocycles. The van der Waals surface area contributed by atoms with Gasteiger partial charge in [0.25, 0.3) is 5.91 Å². The van der Waals surface area contributed by atoms with E-state index >= 15 is 0 Å². The van der Waals surface area contributed by atoms with Crippen LogP contribution in [0.3, 0.4) is 0 Å². The van der Waals surface area contributed by atoms with Crippen molar-refractivity contribution in [3.05, 3.63) is 88.1 Å². The van der Waals surface area contributed by atoms with E-state index in [1.54, 1.807) is 24.3 Å². The van der Waals surface area contributed by atoms with Crippen molar-refractivity contribution in [1.82, 2.24) is 10.3 Å². The fraction of sp³-hybridized carbons (Fsp3) is 0.0909. The highest BCUT2D eigenvalue weighted by Crippen LogP contribution is 2.31. The minimum Gasteiger partial charge on any atom is -0.437 e. The van der Waals surface area contributed by atoms with Gasteiger partial charge < -0.3 is 15.8 Å². The Bertz CT molecular complexity index is 1180. The molecule has 0 aliphatic carbocycles. The first-order valence-electron chi connectivity index (χ1n) is 9.15. The van der Waals surface area contributed by atoms with Crippen molar-refractivity contribution in [1.29, 1.82) is 0 Å². The number of rotatable bonds is 5. The van der Waals surface area contributed by atoms with E-state index < -0.39 is 5.91 Å². The van der Waals surface area contributed by atoms with Crippen LogP contribution in [0.2, 0.25) is 5.02 Å². The van der Waals surface area contributed by atoms with E-state index in [0.29, 0.717) is 23.7 Å². The van der Waals surface area contributed by atoms with E-state index in [4.69, 9.17) is 22.1 Å². The van der Waals surface area contributed by atoms with Crippen LogP contribution < -0.4 is 15.8 Å². The number of primary amides is 1. The molecule has 2 heterocycles. The number of aromatic nitrogens is 1. The van der Waals surface area contributed by atoms with Crippen LogP contribution in [-0.2, 0) is 17.8 Å². The molecule has 0 radical (unpaired) electrons. The number of hydrogen-bond donors (Lipinski definition) is 2. The van der Waals surface area contributed by atoms with Crippen LogP contribution in [0.15, 0.2) is 65.8 Å². The molecule has 0 atom stereocenters. The molecule has 0 saturated carbocycles. The summed E-state index contributed by atoms with van der Waals surface area (Å²) in [5.41, 5.74) is 8.21. The molecule has 7 nitrogen and oxygen atoms in total. The van der Waals surface area contributed by atoms with Crippen LogP contribution in [0, 0.1) is 0 Å². The Balaban J connectivity index is 1.44. The summed E-state index contributed by atoms with van der Waals surface area (Å²) in [5, 5.41) is 3.14. The number of pyridine rings is 1. The molecule has 0 unspecified atom stereocenters. The Morgan fingerprint density at radius 3 is 2.77 bits per heavy atom. The number of amides is 2. The SMILES string of the molecule is NC(=O)c1cccnc1Oc1ccc(CC(=O)NC2=NCc3ccccc32)cc1Cl. The van der Waals surface area contributed by atoms with Crippen LogP contribution in [0.5, 0.6) is 11.6 Å². The normalized spacial score (nSPS) is 12.1. The largest absolute Gasteiger partial charge is 0.437 e. The lowest BCUT2D eigenvalue weighted by molar-refractivity contribution is -0.119. The third-order valence-corrected chi connectivity index (χ3v) is 4.84. The highest BCUT2D eigenvalue weighted by molar-refractivity contribution is 6.32. The van der Waals surface area contributed by atoms with E-state index in [2.05, 4.69) is 15.3 Å². The van der Waals surface area contributed by atoms with E-state index in [1.807, 2.05) is 24.3 Å². The van der Waals surface area contributed by atoms with Gasteiger partial charge in [-0.15, -0.1) is 0 Å². The molecule has 1 aromatic heterocycles. The lowest BCUT2D eigenvalue weighted by atomic mass is 10.1. The zero-order chi connectivity index (χ0) is 21.1. The van der Waals surface area contributed by atoms with Gasteiger partial charge in [0.15, 0.2) is 0 Å². The second kappa shape index (κ2) is 8.34. The molecule has 1 aliphatic heterocycles. The Labute approximate surface area is 177 Å². The van der Waals surface area contributed by atoms with E-state index in [1.165, 1.54) is 12.3 Å². The van der Waals surface area contributed by atoms with E-state index in [9.17, 15) is 9.59 Å². The standard InChI is InChI=1S/C22H17ClN4O3/c23-17-10-13(7-8-18(17)30-22-16(20(24)29)6-3-9-25-22)11-19(28)27-21-15-5-2-1-4-14(15)12-26-21/h1-10H,11-12H2,(H2,24,29)(H,26,27,28). The number of nitrogens with one attached hydrogen (secondary N) is 1. The van der Waals surface area contributed by atoms with Crippen molar-refractivity contribution in [2.45, 2.75) is 13.0 Å². The molecule has 3 aromatic rings. The molecule has 3 N–H and O–H groups in total. The van der Waals surface area contributed by atoms with E-state index in [0.717, 1.165) is 11.1 Å². The van der Waals surface area contributed by atoms with Gasteiger partial charge >= 0.3 is 0 Å². The number of nitrogens with zero attached hydrogens (tertiary/aromatic N) is 2. The smallest absolute Gasteiger partial charge is 0.254 e. The lowest BCUT2D eigenvalue weighted by Gasteiger charge is -2.11. The predicted molar refractivity (Wildman–Crippen MR) is 113 cm³/mol. The zero-order valence-electron chi connectivity index (χ0n) is 15.8. The van der Waals surface area contributed by atoms with Gasteiger partial charge in [-0.1, -0.05) is 41.9 Å². The topological polar surface area (TPSA) is 107 Å². The average Bonchev–Trinajstić information content (AvgIpc) is 3.13. The second-order valence-electron chi connectivity index (χ2n) is 6.63. The molecular formula is C22H17ClN4O3. The number of ether oxygens (including phenoxy) is 1. The van der Waals surface area contributed by atoms with Crippen molar-refractivity contribution in [2.24, 2.45) is 10.7 Å². The summed E-state index contributed by atoms with van der Waals surface area (Å²) in [6.45, 7) is 0.560. The number of aliphatic imine (C=N–C) groups is 1. The summed E-state index contributed by atoms with van der Waals surface area (Å²) in [6, 6.07) is 15.9. The van der Waals surface area contributed by atoms with Crippen molar-refractivity contribution in [3.63, 3.8) is 0 Å². The summed E-state index contributed by atoms with van der Waals surface area (Å²) in [4.78, 5) is 32.4. The molecule has 0 fully saturated rings. The molecule has 2 amide bonds. The van der Waals surface area contributed by atoms with Gasteiger partial charge in [-0.3, -0.25) is 14.6 Å². The summed E-state index contributed by atoms with van der Waals surface area (Å²) in [5.74, 6) is 0.0945. The van der Waals surface area contributed by atoms with Crippen molar-refractivity contribution < 1.29 is 14.3 Å². The Morgan fingerprint density at radius 2 is 1.97 bits per heavy atom. The summed E-state index contributed by atoms with van der Waals surface area (Å²) < 4.78 is 5.64. The molecule has 8 heteroatoms. The fourth-order valence-electron chi connectivity index (χ4n) is 3.11. The molecule has 30 heavy (non-hydrogen) atoms. The third-order valence-electron chi connectivity index (χ3n) is 4.54. The maximum atomic E-state index is 12.5. The number of carbonyl (C=O) groups excluding carboxylic acids is 2. The maximum absolute atomic E-state index is 12.5. The Morgan fingerprint density at radius 1 is 1.13 bits per heavy atom. The summed E-state index contributed by atoms with van der Waals surface area (Å²) in [6.07, 6.45) is 1.61. The number of amidine groups is 1. The van der Waals surface area contributed by atoms with Gasteiger partial charge in [-0.25, -0.2) is 4.98 Å². The summed E-state index contributed by atoms with van der Waals surface area (Å²) >= 11 is 6.31. The van der Waals surface area contributed by atoms with Crippen molar-refractivity contribution >= 4 is 29.3 Å². The number of hydrogen-bond acceptors (Lipinski definition) is 5.